The molecule has 0 unspecified atom stereocenters. The van der Waals surface area contributed by atoms with Gasteiger partial charge in [-0.3, -0.25) is 0 Å². The molecule has 24 heavy (non-hydrogen) atoms. The molecule has 1 aromatic carbocycles. The number of ether oxygens (including phenoxy) is 3. The van der Waals surface area contributed by atoms with Crippen molar-refractivity contribution in [3.8, 4) is 22.2 Å². The number of nitrogens with zero attached hydrogens (tertiary/aromatic N) is 2. The van der Waals surface area contributed by atoms with Gasteiger partial charge in [0.05, 0.1) is 4.88 Å². The van der Waals surface area contributed by atoms with Crippen molar-refractivity contribution in [2.45, 2.75) is 12.7 Å². The summed E-state index contributed by atoms with van der Waals surface area (Å²) in [5.74, 6) is 1.29. The number of rotatable bonds is 4. The summed E-state index contributed by atoms with van der Waals surface area (Å²) in [5.41, 5.74) is 0. The Morgan fingerprint density at radius 3 is 2.96 bits per heavy atom. The van der Waals surface area contributed by atoms with Crippen molar-refractivity contribution in [3.05, 3.63) is 47.7 Å². The van der Waals surface area contributed by atoms with Crippen LogP contribution in [0.4, 0.5) is 0 Å². The number of esters is 1. The van der Waals surface area contributed by atoms with E-state index in [0.717, 1.165) is 4.88 Å². The zero-order valence-electron chi connectivity index (χ0n) is 12.4. The van der Waals surface area contributed by atoms with Gasteiger partial charge in [0.2, 0.25) is 11.9 Å². The van der Waals surface area contributed by atoms with Gasteiger partial charge in [-0.2, -0.15) is 4.98 Å². The number of carbonyl (C=O) groups excluding carboxylic acids is 1. The Hall–Kier alpha value is -2.87. The third kappa shape index (κ3) is 2.95. The molecule has 122 valence electrons. The molecule has 8 heteroatoms. The standard InChI is InChI=1S/C16H12N2O5S/c19-16(12-8-20-10-4-1-2-5-11(10)22-12)21-9-14-17-15(18-23-14)13-6-3-7-24-13/h1-7,12H,8-9H2/t12-/m0/s1. The van der Waals surface area contributed by atoms with Gasteiger partial charge < -0.3 is 18.7 Å². The van der Waals surface area contributed by atoms with E-state index in [9.17, 15) is 4.79 Å². The predicted molar refractivity (Wildman–Crippen MR) is 83.8 cm³/mol. The SMILES string of the molecule is O=C(OCc1nc(-c2cccs2)no1)[C@@H]1COc2ccccc2O1. The minimum atomic E-state index is -0.820. The first-order chi connectivity index (χ1) is 11.8. The summed E-state index contributed by atoms with van der Waals surface area (Å²) in [4.78, 5) is 17.2. The van der Waals surface area contributed by atoms with Crippen LogP contribution in [0.25, 0.3) is 10.7 Å². The van der Waals surface area contributed by atoms with E-state index >= 15 is 0 Å². The Morgan fingerprint density at radius 1 is 1.25 bits per heavy atom. The van der Waals surface area contributed by atoms with Crippen molar-refractivity contribution in [1.82, 2.24) is 10.1 Å². The molecule has 0 spiro atoms. The van der Waals surface area contributed by atoms with Crippen molar-refractivity contribution < 1.29 is 23.5 Å². The fraction of sp³-hybridized carbons (Fsp3) is 0.188. The molecule has 3 aromatic rings. The van der Waals surface area contributed by atoms with Crippen LogP contribution in [0, 0.1) is 0 Å². The Morgan fingerprint density at radius 2 is 2.12 bits per heavy atom. The highest BCUT2D eigenvalue weighted by Gasteiger charge is 2.29. The van der Waals surface area contributed by atoms with E-state index in [-0.39, 0.29) is 19.1 Å². The molecule has 0 saturated carbocycles. The molecular formula is C16H12N2O5S. The number of hydrogen-bond acceptors (Lipinski definition) is 8. The van der Waals surface area contributed by atoms with Crippen LogP contribution in [0.15, 0.2) is 46.3 Å². The summed E-state index contributed by atoms with van der Waals surface area (Å²) >= 11 is 1.50. The molecule has 0 amide bonds. The van der Waals surface area contributed by atoms with Crippen LogP contribution in [0.1, 0.15) is 5.89 Å². The topological polar surface area (TPSA) is 83.7 Å². The lowest BCUT2D eigenvalue weighted by Gasteiger charge is -2.24. The summed E-state index contributed by atoms with van der Waals surface area (Å²) in [6.07, 6.45) is -0.820. The molecule has 7 nitrogen and oxygen atoms in total. The third-order valence-corrected chi connectivity index (χ3v) is 4.18. The van der Waals surface area contributed by atoms with Crippen LogP contribution < -0.4 is 9.47 Å². The average Bonchev–Trinajstić information content (AvgIpc) is 3.30. The van der Waals surface area contributed by atoms with E-state index in [0.29, 0.717) is 17.3 Å². The summed E-state index contributed by atoms with van der Waals surface area (Å²) in [6, 6.07) is 10.9. The van der Waals surface area contributed by atoms with Crippen LogP contribution in [0.3, 0.4) is 0 Å². The van der Waals surface area contributed by atoms with Gasteiger partial charge >= 0.3 is 5.97 Å². The maximum absolute atomic E-state index is 12.1. The number of carbonyl (C=O) groups is 1. The Kier molecular flexibility index (Phi) is 3.87. The normalized spacial score (nSPS) is 15.9. The molecule has 1 aliphatic heterocycles. The van der Waals surface area contributed by atoms with Gasteiger partial charge in [0.15, 0.2) is 18.1 Å². The number of aromatic nitrogens is 2. The summed E-state index contributed by atoms with van der Waals surface area (Å²) < 4.78 is 21.3. The predicted octanol–water partition coefficient (Wildman–Crippen LogP) is 2.68. The number of thiophene rings is 1. The van der Waals surface area contributed by atoms with Gasteiger partial charge in [-0.15, -0.1) is 11.3 Å². The molecule has 1 atom stereocenters. The average molecular weight is 344 g/mol. The molecule has 3 heterocycles. The lowest BCUT2D eigenvalue weighted by molar-refractivity contribution is -0.156. The minimum absolute atomic E-state index is 0.0973. The number of hydrogen-bond donors (Lipinski definition) is 0. The lowest BCUT2D eigenvalue weighted by Crippen LogP contribution is -2.37. The van der Waals surface area contributed by atoms with Gasteiger partial charge in [-0.1, -0.05) is 23.4 Å². The molecule has 1 aliphatic rings. The fourth-order valence-corrected chi connectivity index (χ4v) is 2.83. The van der Waals surface area contributed by atoms with E-state index in [1.807, 2.05) is 23.6 Å². The van der Waals surface area contributed by atoms with E-state index < -0.39 is 12.1 Å². The second-order valence-electron chi connectivity index (χ2n) is 4.96. The summed E-state index contributed by atoms with van der Waals surface area (Å²) in [6.45, 7) is -0.0150. The Bertz CT molecular complexity index is 846. The lowest BCUT2D eigenvalue weighted by atomic mass is 10.2. The van der Waals surface area contributed by atoms with E-state index in [2.05, 4.69) is 10.1 Å². The van der Waals surface area contributed by atoms with Gasteiger partial charge in [0.25, 0.3) is 5.89 Å². The van der Waals surface area contributed by atoms with Crippen molar-refractivity contribution in [1.29, 1.82) is 0 Å². The molecule has 0 fully saturated rings. The highest BCUT2D eigenvalue weighted by molar-refractivity contribution is 7.13. The molecular weight excluding hydrogens is 332 g/mol. The molecule has 0 radical (unpaired) electrons. The van der Waals surface area contributed by atoms with Crippen molar-refractivity contribution in [2.75, 3.05) is 6.61 Å². The second kappa shape index (κ2) is 6.32. The smallest absolute Gasteiger partial charge is 0.351 e. The van der Waals surface area contributed by atoms with E-state index in [1.165, 1.54) is 11.3 Å². The number of fused-ring (bicyclic) bond motifs is 1. The van der Waals surface area contributed by atoms with E-state index in [1.54, 1.807) is 18.2 Å². The van der Waals surface area contributed by atoms with Crippen molar-refractivity contribution in [2.24, 2.45) is 0 Å². The Labute approximate surface area is 140 Å². The first kappa shape index (κ1) is 14.7. The van der Waals surface area contributed by atoms with Crippen LogP contribution >= 0.6 is 11.3 Å². The van der Waals surface area contributed by atoms with Crippen LogP contribution in [0.5, 0.6) is 11.5 Å². The van der Waals surface area contributed by atoms with Crippen molar-refractivity contribution in [3.63, 3.8) is 0 Å². The zero-order chi connectivity index (χ0) is 16.4. The second-order valence-corrected chi connectivity index (χ2v) is 5.91. The van der Waals surface area contributed by atoms with Gasteiger partial charge in [0, 0.05) is 0 Å². The molecule has 4 rings (SSSR count). The van der Waals surface area contributed by atoms with Crippen molar-refractivity contribution >= 4 is 17.3 Å². The molecule has 0 bridgehead atoms. The largest absolute Gasteiger partial charge is 0.485 e. The maximum atomic E-state index is 12.1. The van der Waals surface area contributed by atoms with Crippen LogP contribution in [-0.2, 0) is 16.1 Å². The van der Waals surface area contributed by atoms with Gasteiger partial charge in [0.1, 0.15) is 6.61 Å². The highest BCUT2D eigenvalue weighted by atomic mass is 32.1. The molecule has 0 saturated heterocycles. The summed E-state index contributed by atoms with van der Waals surface area (Å²) in [5, 5.41) is 5.78. The fourth-order valence-electron chi connectivity index (χ4n) is 2.18. The highest BCUT2D eigenvalue weighted by Crippen LogP contribution is 2.31. The van der Waals surface area contributed by atoms with E-state index in [4.69, 9.17) is 18.7 Å². The van der Waals surface area contributed by atoms with Crippen LogP contribution in [0.2, 0.25) is 0 Å². The Balaban J connectivity index is 1.36. The first-order valence-corrected chi connectivity index (χ1v) is 8.09. The van der Waals surface area contributed by atoms with Gasteiger partial charge in [-0.25, -0.2) is 4.79 Å². The summed E-state index contributed by atoms with van der Waals surface area (Å²) in [7, 11) is 0. The van der Waals surface area contributed by atoms with Gasteiger partial charge in [-0.05, 0) is 23.6 Å². The van der Waals surface area contributed by atoms with Crippen LogP contribution in [-0.4, -0.2) is 28.8 Å². The quantitative estimate of drug-likeness (QED) is 0.673. The molecule has 0 aliphatic carbocycles. The zero-order valence-corrected chi connectivity index (χ0v) is 13.2. The monoisotopic (exact) mass is 344 g/mol. The first-order valence-electron chi connectivity index (χ1n) is 7.21. The number of para-hydroxylation sites is 2. The maximum Gasteiger partial charge on any atom is 0.351 e. The molecule has 2 aromatic heterocycles. The number of benzene rings is 1. The third-order valence-electron chi connectivity index (χ3n) is 3.32. The molecule has 0 N–H and O–H groups in total. The minimum Gasteiger partial charge on any atom is -0.485 e.